The molecule has 17 heavy (non-hydrogen) atoms. The minimum atomic E-state index is 0.445. The summed E-state index contributed by atoms with van der Waals surface area (Å²) in [5, 5.41) is 7.50. The minimum absolute atomic E-state index is 0.445. The molecule has 0 saturated heterocycles. The zero-order chi connectivity index (χ0) is 12.6. The Hall–Kier alpha value is -1.68. The number of nitrogens with zero attached hydrogens (tertiary/aromatic N) is 1. The maximum Gasteiger partial charge on any atom is 0.153 e. The number of nitrogen functional groups attached to an aromatic ring is 1. The first-order chi connectivity index (χ1) is 8.04. The first-order valence-electron chi connectivity index (χ1n) is 5.19. The Bertz CT molecular complexity index is 544. The van der Waals surface area contributed by atoms with Gasteiger partial charge in [-0.15, -0.1) is 0 Å². The molecule has 0 atom stereocenters. The van der Waals surface area contributed by atoms with E-state index < -0.39 is 0 Å². The molecule has 0 fully saturated rings. The van der Waals surface area contributed by atoms with Crippen molar-refractivity contribution in [3.63, 3.8) is 0 Å². The molecule has 0 aliphatic carbocycles. The molecule has 1 aromatic carbocycles. The van der Waals surface area contributed by atoms with Crippen molar-refractivity contribution in [2.45, 2.75) is 13.8 Å². The van der Waals surface area contributed by atoms with E-state index in [1.54, 1.807) is 7.11 Å². The van der Waals surface area contributed by atoms with E-state index in [0.29, 0.717) is 10.8 Å². The Morgan fingerprint density at radius 2 is 2.06 bits per heavy atom. The summed E-state index contributed by atoms with van der Waals surface area (Å²) in [5.74, 6) is 1.18. The van der Waals surface area contributed by atoms with Crippen LogP contribution in [-0.2, 0) is 0 Å². The molecular formula is C12H14ClN3O. The highest BCUT2D eigenvalue weighted by Crippen LogP contribution is 2.38. The van der Waals surface area contributed by atoms with Crippen LogP contribution in [0.1, 0.15) is 11.3 Å². The fourth-order valence-electron chi connectivity index (χ4n) is 1.81. The third-order valence-electron chi connectivity index (χ3n) is 2.73. The highest BCUT2D eigenvalue weighted by molar-refractivity contribution is 6.31. The van der Waals surface area contributed by atoms with Crippen LogP contribution in [0.25, 0.3) is 11.1 Å². The molecule has 90 valence electrons. The number of H-pyrrole nitrogens is 1. The number of ether oxygens (including phenoxy) is 1. The van der Waals surface area contributed by atoms with Gasteiger partial charge < -0.3 is 10.5 Å². The second-order valence-corrected chi connectivity index (χ2v) is 4.32. The summed E-state index contributed by atoms with van der Waals surface area (Å²) >= 11 is 6.14. The monoisotopic (exact) mass is 251 g/mol. The van der Waals surface area contributed by atoms with Crippen LogP contribution in [0.2, 0.25) is 5.02 Å². The predicted octanol–water partition coefficient (Wildman–Crippen LogP) is 2.94. The van der Waals surface area contributed by atoms with Gasteiger partial charge in [-0.05, 0) is 31.5 Å². The number of halogens is 1. The van der Waals surface area contributed by atoms with Gasteiger partial charge >= 0.3 is 0 Å². The number of methoxy groups -OCH3 is 1. The van der Waals surface area contributed by atoms with E-state index in [-0.39, 0.29) is 0 Å². The highest BCUT2D eigenvalue weighted by Gasteiger charge is 2.16. The van der Waals surface area contributed by atoms with Gasteiger partial charge in [-0.1, -0.05) is 11.6 Å². The summed E-state index contributed by atoms with van der Waals surface area (Å²) in [7, 11) is 1.62. The molecule has 1 heterocycles. The maximum atomic E-state index is 6.14. The first-order valence-corrected chi connectivity index (χ1v) is 5.57. The topological polar surface area (TPSA) is 63.9 Å². The maximum absolute atomic E-state index is 6.14. The van der Waals surface area contributed by atoms with Crippen LogP contribution in [0.15, 0.2) is 12.1 Å². The molecule has 0 bridgehead atoms. The summed E-state index contributed by atoms with van der Waals surface area (Å²) in [4.78, 5) is 0. The number of aromatic amines is 1. The van der Waals surface area contributed by atoms with E-state index in [0.717, 1.165) is 28.1 Å². The molecule has 0 saturated carbocycles. The van der Waals surface area contributed by atoms with Gasteiger partial charge in [0.2, 0.25) is 0 Å². The molecule has 4 nitrogen and oxygen atoms in total. The molecule has 0 aliphatic heterocycles. The van der Waals surface area contributed by atoms with E-state index in [2.05, 4.69) is 10.2 Å². The number of hydrogen-bond donors (Lipinski definition) is 2. The molecular weight excluding hydrogens is 238 g/mol. The molecule has 0 spiro atoms. The average molecular weight is 252 g/mol. The molecule has 1 aromatic heterocycles. The zero-order valence-corrected chi connectivity index (χ0v) is 10.7. The van der Waals surface area contributed by atoms with Gasteiger partial charge in [-0.3, -0.25) is 5.10 Å². The van der Waals surface area contributed by atoms with Gasteiger partial charge in [0.1, 0.15) is 5.75 Å². The van der Waals surface area contributed by atoms with Crippen molar-refractivity contribution >= 4 is 17.4 Å². The van der Waals surface area contributed by atoms with E-state index in [1.165, 1.54) is 0 Å². The summed E-state index contributed by atoms with van der Waals surface area (Å²) < 4.78 is 5.36. The van der Waals surface area contributed by atoms with Crippen molar-refractivity contribution < 1.29 is 4.74 Å². The number of nitrogens with one attached hydrogen (secondary N) is 1. The average Bonchev–Trinajstić information content (AvgIpc) is 2.62. The Labute approximate surface area is 105 Å². The Kier molecular flexibility index (Phi) is 2.98. The fraction of sp³-hybridized carbons (Fsp3) is 0.250. The number of anilines is 1. The molecule has 0 radical (unpaired) electrons. The lowest BCUT2D eigenvalue weighted by Crippen LogP contribution is -1.93. The van der Waals surface area contributed by atoms with Crippen LogP contribution in [-0.4, -0.2) is 17.3 Å². The van der Waals surface area contributed by atoms with Crippen LogP contribution in [0, 0.1) is 13.8 Å². The van der Waals surface area contributed by atoms with E-state index in [9.17, 15) is 0 Å². The number of hydrogen-bond acceptors (Lipinski definition) is 3. The van der Waals surface area contributed by atoms with E-state index in [4.69, 9.17) is 22.1 Å². The van der Waals surface area contributed by atoms with Crippen LogP contribution in [0.5, 0.6) is 5.75 Å². The van der Waals surface area contributed by atoms with Crippen molar-refractivity contribution in [1.29, 1.82) is 0 Å². The van der Waals surface area contributed by atoms with Crippen molar-refractivity contribution in [2.75, 3.05) is 12.8 Å². The highest BCUT2D eigenvalue weighted by atomic mass is 35.5. The number of benzene rings is 1. The van der Waals surface area contributed by atoms with Crippen molar-refractivity contribution in [3.8, 4) is 16.9 Å². The lowest BCUT2D eigenvalue weighted by molar-refractivity contribution is 0.416. The molecule has 0 amide bonds. The van der Waals surface area contributed by atoms with E-state index in [1.807, 2.05) is 26.0 Å². The molecule has 2 aromatic rings. The number of aryl methyl sites for hydroxylation is 2. The Morgan fingerprint density at radius 1 is 1.35 bits per heavy atom. The SMILES string of the molecule is COc1cc(C)c(Cl)cc1-c1c(N)n[nH]c1C. The largest absolute Gasteiger partial charge is 0.496 e. The Balaban J connectivity index is 2.70. The number of aromatic nitrogens is 2. The quantitative estimate of drug-likeness (QED) is 0.863. The summed E-state index contributed by atoms with van der Waals surface area (Å²) in [6.07, 6.45) is 0. The van der Waals surface area contributed by atoms with Crippen LogP contribution >= 0.6 is 11.6 Å². The second kappa shape index (κ2) is 4.30. The molecule has 0 aliphatic rings. The summed E-state index contributed by atoms with van der Waals surface area (Å²) in [6.45, 7) is 3.84. The zero-order valence-electron chi connectivity index (χ0n) is 9.97. The van der Waals surface area contributed by atoms with Gasteiger partial charge in [0.15, 0.2) is 5.82 Å². The van der Waals surface area contributed by atoms with Gasteiger partial charge in [-0.25, -0.2) is 0 Å². The van der Waals surface area contributed by atoms with Gasteiger partial charge in [0.25, 0.3) is 0 Å². The van der Waals surface area contributed by atoms with Crippen LogP contribution in [0.3, 0.4) is 0 Å². The van der Waals surface area contributed by atoms with Gasteiger partial charge in [0, 0.05) is 16.3 Å². The van der Waals surface area contributed by atoms with Gasteiger partial charge in [-0.2, -0.15) is 5.10 Å². The normalized spacial score (nSPS) is 10.6. The Morgan fingerprint density at radius 3 is 2.59 bits per heavy atom. The van der Waals surface area contributed by atoms with Gasteiger partial charge in [0.05, 0.1) is 12.7 Å². The van der Waals surface area contributed by atoms with E-state index >= 15 is 0 Å². The third-order valence-corrected chi connectivity index (χ3v) is 3.13. The first kappa shape index (κ1) is 11.8. The fourth-order valence-corrected chi connectivity index (χ4v) is 1.97. The second-order valence-electron chi connectivity index (χ2n) is 3.91. The van der Waals surface area contributed by atoms with Crippen molar-refractivity contribution in [2.24, 2.45) is 0 Å². The van der Waals surface area contributed by atoms with Crippen LogP contribution in [0.4, 0.5) is 5.82 Å². The third kappa shape index (κ3) is 1.96. The summed E-state index contributed by atoms with van der Waals surface area (Å²) in [5.41, 5.74) is 9.39. The summed E-state index contributed by atoms with van der Waals surface area (Å²) in [6, 6.07) is 3.74. The smallest absolute Gasteiger partial charge is 0.153 e. The number of nitrogens with two attached hydrogens (primary N) is 1. The van der Waals surface area contributed by atoms with Crippen LogP contribution < -0.4 is 10.5 Å². The van der Waals surface area contributed by atoms with Crippen molar-refractivity contribution in [1.82, 2.24) is 10.2 Å². The minimum Gasteiger partial charge on any atom is -0.496 e. The lowest BCUT2D eigenvalue weighted by atomic mass is 10.0. The molecule has 3 N–H and O–H groups in total. The molecule has 2 rings (SSSR count). The lowest BCUT2D eigenvalue weighted by Gasteiger charge is -2.11. The molecule has 0 unspecified atom stereocenters. The van der Waals surface area contributed by atoms with Crippen molar-refractivity contribution in [3.05, 3.63) is 28.4 Å². The molecule has 5 heteroatoms. The standard InChI is InChI=1S/C12H14ClN3O/c1-6-4-10(17-3)8(5-9(6)13)11-7(2)15-16-12(11)14/h4-5H,1-3H3,(H3,14,15,16). The number of rotatable bonds is 2. The predicted molar refractivity (Wildman–Crippen MR) is 69.5 cm³/mol.